The molecule has 4 heteroatoms. The van der Waals surface area contributed by atoms with Gasteiger partial charge >= 0.3 is 0 Å². The number of benzene rings is 1. The Labute approximate surface area is 122 Å². The van der Waals surface area contributed by atoms with Gasteiger partial charge in [0.25, 0.3) is 0 Å². The lowest BCUT2D eigenvalue weighted by atomic mass is 9.91. The molecule has 0 radical (unpaired) electrons. The van der Waals surface area contributed by atoms with Crippen molar-refractivity contribution in [3.05, 3.63) is 29.8 Å². The van der Waals surface area contributed by atoms with Crippen molar-refractivity contribution in [2.45, 2.75) is 30.0 Å². The molecule has 2 aliphatic heterocycles. The van der Waals surface area contributed by atoms with E-state index < -0.39 is 0 Å². The maximum Gasteiger partial charge on any atom is 0.230 e. The fourth-order valence-electron chi connectivity index (χ4n) is 2.94. The highest BCUT2D eigenvalue weighted by Crippen LogP contribution is 2.35. The van der Waals surface area contributed by atoms with Crippen LogP contribution in [-0.2, 0) is 4.79 Å². The van der Waals surface area contributed by atoms with Crippen LogP contribution in [0.2, 0.25) is 0 Å². The van der Waals surface area contributed by atoms with Crippen LogP contribution in [0.1, 0.15) is 30.7 Å². The maximum absolute atomic E-state index is 12.7. The second-order valence-corrected chi connectivity index (χ2v) is 6.55. The van der Waals surface area contributed by atoms with E-state index in [2.05, 4.69) is 15.9 Å². The summed E-state index contributed by atoms with van der Waals surface area (Å²) in [5.74, 6) is 1.11. The zero-order chi connectivity index (χ0) is 13.2. The van der Waals surface area contributed by atoms with Gasteiger partial charge in [0.15, 0.2) is 0 Å². The second kappa shape index (κ2) is 5.53. The number of carbonyl (C=O) groups excluding carboxylic acids is 1. The molecule has 1 aromatic carbocycles. The summed E-state index contributed by atoms with van der Waals surface area (Å²) in [6.45, 7) is 2.36. The number of likely N-dealkylation sites (tertiary alicyclic amines) is 1. The number of nitrogens with zero attached hydrogens (tertiary/aromatic N) is 1. The molecule has 3 rings (SSSR count). The number of carbonyl (C=O) groups is 1. The average Bonchev–Trinajstić information content (AvgIpc) is 2.46. The summed E-state index contributed by atoms with van der Waals surface area (Å²) >= 11 is 3.63. The summed E-state index contributed by atoms with van der Waals surface area (Å²) in [6.07, 6.45) is 3.04. The number of para-hydroxylation sites is 1. The van der Waals surface area contributed by atoms with Gasteiger partial charge in [0.1, 0.15) is 5.75 Å². The van der Waals surface area contributed by atoms with Gasteiger partial charge in [-0.2, -0.15) is 0 Å². The number of fused-ring (bicyclic) bond motifs is 1. The predicted molar refractivity (Wildman–Crippen MR) is 77.8 cm³/mol. The molecule has 0 aromatic heterocycles. The van der Waals surface area contributed by atoms with Crippen LogP contribution in [0.15, 0.2) is 24.3 Å². The summed E-state index contributed by atoms with van der Waals surface area (Å²) < 4.78 is 5.63. The molecule has 0 spiro atoms. The van der Waals surface area contributed by atoms with Crippen molar-refractivity contribution < 1.29 is 9.53 Å². The molecular formula is C15H18BrNO2. The van der Waals surface area contributed by atoms with Gasteiger partial charge in [0.2, 0.25) is 5.91 Å². The van der Waals surface area contributed by atoms with Gasteiger partial charge in [0.05, 0.1) is 12.5 Å². The molecule has 1 fully saturated rings. The van der Waals surface area contributed by atoms with Crippen molar-refractivity contribution in [2.75, 3.05) is 19.7 Å². The van der Waals surface area contributed by atoms with E-state index in [0.717, 1.165) is 43.7 Å². The summed E-state index contributed by atoms with van der Waals surface area (Å²) in [5, 5.41) is 0. The van der Waals surface area contributed by atoms with E-state index in [0.29, 0.717) is 11.4 Å². The van der Waals surface area contributed by atoms with E-state index in [-0.39, 0.29) is 11.8 Å². The molecule has 19 heavy (non-hydrogen) atoms. The van der Waals surface area contributed by atoms with E-state index in [9.17, 15) is 4.79 Å². The Kier molecular flexibility index (Phi) is 3.78. The molecule has 2 atom stereocenters. The minimum absolute atomic E-state index is 0.0252. The van der Waals surface area contributed by atoms with Crippen LogP contribution in [0.5, 0.6) is 5.75 Å². The fraction of sp³-hybridized carbons (Fsp3) is 0.533. The van der Waals surface area contributed by atoms with Crippen molar-refractivity contribution in [2.24, 2.45) is 0 Å². The summed E-state index contributed by atoms with van der Waals surface area (Å²) in [4.78, 5) is 15.2. The van der Waals surface area contributed by atoms with Crippen LogP contribution >= 0.6 is 15.9 Å². The van der Waals surface area contributed by atoms with Crippen LogP contribution in [0, 0.1) is 0 Å². The molecule has 0 saturated carbocycles. The lowest BCUT2D eigenvalue weighted by Gasteiger charge is -2.34. The topological polar surface area (TPSA) is 29.5 Å². The number of hydrogen-bond donors (Lipinski definition) is 0. The Morgan fingerprint density at radius 1 is 1.32 bits per heavy atom. The number of hydrogen-bond acceptors (Lipinski definition) is 2. The molecule has 2 heterocycles. The van der Waals surface area contributed by atoms with E-state index in [4.69, 9.17) is 4.74 Å². The van der Waals surface area contributed by atoms with Gasteiger partial charge in [-0.05, 0) is 25.3 Å². The monoisotopic (exact) mass is 323 g/mol. The minimum atomic E-state index is -0.0252. The molecule has 1 saturated heterocycles. The summed E-state index contributed by atoms with van der Waals surface area (Å²) in [5.41, 5.74) is 1.05. The van der Waals surface area contributed by atoms with Crippen molar-refractivity contribution in [3.8, 4) is 5.75 Å². The zero-order valence-corrected chi connectivity index (χ0v) is 12.4. The van der Waals surface area contributed by atoms with Crippen LogP contribution in [0.25, 0.3) is 0 Å². The molecule has 1 aromatic rings. The molecule has 0 bridgehead atoms. The SMILES string of the molecule is O=C(C1CCOc2ccccc21)N1CCCC(Br)C1. The third kappa shape index (κ3) is 2.64. The minimum Gasteiger partial charge on any atom is -0.493 e. The predicted octanol–water partition coefficient (Wildman–Crippen LogP) is 2.94. The third-order valence-electron chi connectivity index (χ3n) is 3.93. The number of piperidine rings is 1. The Bertz CT molecular complexity index is 477. The molecule has 0 N–H and O–H groups in total. The van der Waals surface area contributed by atoms with E-state index in [1.54, 1.807) is 0 Å². The first-order chi connectivity index (χ1) is 9.25. The van der Waals surface area contributed by atoms with Gasteiger partial charge < -0.3 is 9.64 Å². The van der Waals surface area contributed by atoms with Crippen molar-refractivity contribution in [1.82, 2.24) is 4.90 Å². The number of amides is 1. The first kappa shape index (κ1) is 13.0. The normalized spacial score (nSPS) is 26.5. The van der Waals surface area contributed by atoms with Gasteiger partial charge in [-0.25, -0.2) is 0 Å². The van der Waals surface area contributed by atoms with Gasteiger partial charge in [-0.3, -0.25) is 4.79 Å². The fourth-order valence-corrected chi connectivity index (χ4v) is 3.62. The number of rotatable bonds is 1. The van der Waals surface area contributed by atoms with Crippen LogP contribution in [0.3, 0.4) is 0 Å². The lowest BCUT2D eigenvalue weighted by molar-refractivity contribution is -0.134. The molecule has 2 aliphatic rings. The van der Waals surface area contributed by atoms with Crippen molar-refractivity contribution in [3.63, 3.8) is 0 Å². The molecule has 3 nitrogen and oxygen atoms in total. The summed E-state index contributed by atoms with van der Waals surface area (Å²) in [7, 11) is 0. The summed E-state index contributed by atoms with van der Waals surface area (Å²) in [6, 6.07) is 7.92. The maximum atomic E-state index is 12.7. The second-order valence-electron chi connectivity index (χ2n) is 5.25. The molecule has 2 unspecified atom stereocenters. The molecule has 1 amide bonds. The highest BCUT2D eigenvalue weighted by atomic mass is 79.9. The zero-order valence-electron chi connectivity index (χ0n) is 10.8. The number of alkyl halides is 1. The third-order valence-corrected chi connectivity index (χ3v) is 4.68. The standard InChI is InChI=1S/C15H18BrNO2/c16-11-4-3-8-17(10-11)15(18)13-7-9-19-14-6-2-1-5-12(13)14/h1-2,5-6,11,13H,3-4,7-10H2. The molecule has 102 valence electrons. The largest absolute Gasteiger partial charge is 0.493 e. The van der Waals surface area contributed by atoms with Gasteiger partial charge in [-0.15, -0.1) is 0 Å². The highest BCUT2D eigenvalue weighted by Gasteiger charge is 2.32. The number of ether oxygens (including phenoxy) is 1. The highest BCUT2D eigenvalue weighted by molar-refractivity contribution is 9.09. The quantitative estimate of drug-likeness (QED) is 0.744. The van der Waals surface area contributed by atoms with Gasteiger partial charge in [0, 0.05) is 23.5 Å². The Balaban J connectivity index is 1.81. The van der Waals surface area contributed by atoms with Gasteiger partial charge in [-0.1, -0.05) is 34.1 Å². The Hall–Kier alpha value is -1.03. The van der Waals surface area contributed by atoms with Crippen LogP contribution in [0.4, 0.5) is 0 Å². The number of halogens is 1. The van der Waals surface area contributed by atoms with E-state index in [1.165, 1.54) is 0 Å². The first-order valence-corrected chi connectivity index (χ1v) is 7.82. The smallest absolute Gasteiger partial charge is 0.230 e. The van der Waals surface area contributed by atoms with Crippen LogP contribution < -0.4 is 4.74 Å². The Morgan fingerprint density at radius 3 is 3.00 bits per heavy atom. The van der Waals surface area contributed by atoms with Crippen LogP contribution in [-0.4, -0.2) is 35.3 Å². The van der Waals surface area contributed by atoms with Crippen molar-refractivity contribution >= 4 is 21.8 Å². The average molecular weight is 324 g/mol. The van der Waals surface area contributed by atoms with Crippen molar-refractivity contribution in [1.29, 1.82) is 0 Å². The Morgan fingerprint density at radius 2 is 2.16 bits per heavy atom. The van der Waals surface area contributed by atoms with E-state index in [1.807, 2.05) is 29.2 Å². The lowest BCUT2D eigenvalue weighted by Crippen LogP contribution is -2.43. The molecule has 0 aliphatic carbocycles. The first-order valence-electron chi connectivity index (χ1n) is 6.90. The van der Waals surface area contributed by atoms with E-state index >= 15 is 0 Å². The molecular weight excluding hydrogens is 306 g/mol.